The van der Waals surface area contributed by atoms with Crippen LogP contribution in [0.2, 0.25) is 0 Å². The lowest BCUT2D eigenvalue weighted by Crippen LogP contribution is -2.32. The van der Waals surface area contributed by atoms with Crippen LogP contribution in [0, 0.1) is 6.92 Å². The van der Waals surface area contributed by atoms with Crippen molar-refractivity contribution in [2.24, 2.45) is 7.05 Å². The van der Waals surface area contributed by atoms with Gasteiger partial charge in [0.15, 0.2) is 5.78 Å². The van der Waals surface area contributed by atoms with Gasteiger partial charge >= 0.3 is 0 Å². The first-order valence-electron chi connectivity index (χ1n) is 7.21. The Morgan fingerprint density at radius 1 is 1.48 bits per heavy atom. The summed E-state index contributed by atoms with van der Waals surface area (Å²) in [6.07, 6.45) is 7.74. The van der Waals surface area contributed by atoms with Gasteiger partial charge in [-0.2, -0.15) is 5.10 Å². The van der Waals surface area contributed by atoms with Crippen LogP contribution in [-0.2, 0) is 7.05 Å². The number of ketones is 1. The zero-order valence-electron chi connectivity index (χ0n) is 12.4. The second-order valence-corrected chi connectivity index (χ2v) is 5.52. The molecule has 1 aliphatic rings. The summed E-state index contributed by atoms with van der Waals surface area (Å²) in [5.74, 6) is 0.865. The SMILES string of the molecule is Cc1ccnc(N2CCC[C@@H]2CC(=O)c2cnn(C)c2)n1. The van der Waals surface area contributed by atoms with Crippen LogP contribution in [0.25, 0.3) is 0 Å². The molecule has 0 unspecified atom stereocenters. The molecule has 110 valence electrons. The van der Waals surface area contributed by atoms with Gasteiger partial charge in [0.1, 0.15) is 0 Å². The van der Waals surface area contributed by atoms with E-state index in [2.05, 4.69) is 20.0 Å². The van der Waals surface area contributed by atoms with Crippen LogP contribution in [0.5, 0.6) is 0 Å². The summed E-state index contributed by atoms with van der Waals surface area (Å²) in [6.45, 7) is 2.87. The van der Waals surface area contributed by atoms with E-state index in [1.165, 1.54) is 0 Å². The molecule has 6 heteroatoms. The topological polar surface area (TPSA) is 63.9 Å². The molecule has 0 aromatic carbocycles. The third-order valence-electron chi connectivity index (χ3n) is 3.86. The number of carbonyl (C=O) groups excluding carboxylic acids is 1. The van der Waals surface area contributed by atoms with Crippen LogP contribution in [-0.4, -0.2) is 38.1 Å². The van der Waals surface area contributed by atoms with Crippen LogP contribution < -0.4 is 4.90 Å². The third-order valence-corrected chi connectivity index (χ3v) is 3.86. The van der Waals surface area contributed by atoms with Crippen molar-refractivity contribution in [3.8, 4) is 0 Å². The fraction of sp³-hybridized carbons (Fsp3) is 0.467. The molecule has 2 aromatic rings. The van der Waals surface area contributed by atoms with E-state index in [1.807, 2.05) is 20.0 Å². The fourth-order valence-electron chi connectivity index (χ4n) is 2.78. The molecule has 3 rings (SSSR count). The predicted octanol–water partition coefficient (Wildman–Crippen LogP) is 1.76. The summed E-state index contributed by atoms with van der Waals surface area (Å²) in [5, 5.41) is 4.06. The van der Waals surface area contributed by atoms with Gasteiger partial charge in [-0.05, 0) is 25.8 Å². The minimum absolute atomic E-state index is 0.132. The zero-order valence-corrected chi connectivity index (χ0v) is 12.4. The molecular weight excluding hydrogens is 266 g/mol. The molecule has 1 fully saturated rings. The Balaban J connectivity index is 1.74. The summed E-state index contributed by atoms with van der Waals surface area (Å²) in [5.41, 5.74) is 1.62. The van der Waals surface area contributed by atoms with Crippen molar-refractivity contribution >= 4 is 11.7 Å². The maximum Gasteiger partial charge on any atom is 0.225 e. The minimum atomic E-state index is 0.132. The maximum atomic E-state index is 12.3. The highest BCUT2D eigenvalue weighted by Gasteiger charge is 2.29. The Labute approximate surface area is 123 Å². The van der Waals surface area contributed by atoms with Crippen LogP contribution in [0.4, 0.5) is 5.95 Å². The quantitative estimate of drug-likeness (QED) is 0.801. The van der Waals surface area contributed by atoms with E-state index in [0.717, 1.165) is 31.0 Å². The highest BCUT2D eigenvalue weighted by atomic mass is 16.1. The number of Topliss-reactive ketones (excluding diaryl/α,β-unsaturated/α-hetero) is 1. The number of aryl methyl sites for hydroxylation is 2. The lowest BCUT2D eigenvalue weighted by atomic mass is 10.0. The highest BCUT2D eigenvalue weighted by Crippen LogP contribution is 2.25. The molecule has 0 saturated carbocycles. The van der Waals surface area contributed by atoms with Crippen LogP contribution >= 0.6 is 0 Å². The molecule has 6 nitrogen and oxygen atoms in total. The van der Waals surface area contributed by atoms with Gasteiger partial charge in [0, 0.05) is 44.1 Å². The monoisotopic (exact) mass is 285 g/mol. The summed E-state index contributed by atoms with van der Waals surface area (Å²) in [6, 6.07) is 2.06. The van der Waals surface area contributed by atoms with Gasteiger partial charge in [0.25, 0.3) is 0 Å². The molecule has 1 aliphatic heterocycles. The van der Waals surface area contributed by atoms with Crippen LogP contribution in [0.15, 0.2) is 24.7 Å². The fourth-order valence-corrected chi connectivity index (χ4v) is 2.78. The van der Waals surface area contributed by atoms with E-state index in [0.29, 0.717) is 12.0 Å². The average molecular weight is 285 g/mol. The molecule has 1 atom stereocenters. The number of hydrogen-bond acceptors (Lipinski definition) is 5. The Kier molecular flexibility index (Phi) is 3.68. The Morgan fingerprint density at radius 2 is 2.33 bits per heavy atom. The largest absolute Gasteiger partial charge is 0.337 e. The molecule has 0 amide bonds. The molecule has 0 spiro atoms. The molecule has 0 bridgehead atoms. The van der Waals surface area contributed by atoms with Gasteiger partial charge in [-0.3, -0.25) is 9.48 Å². The number of nitrogens with zero attached hydrogens (tertiary/aromatic N) is 5. The van der Waals surface area contributed by atoms with E-state index < -0.39 is 0 Å². The minimum Gasteiger partial charge on any atom is -0.337 e. The highest BCUT2D eigenvalue weighted by molar-refractivity contribution is 5.96. The number of hydrogen-bond donors (Lipinski definition) is 0. The molecule has 2 aromatic heterocycles. The second-order valence-electron chi connectivity index (χ2n) is 5.52. The lowest BCUT2D eigenvalue weighted by molar-refractivity contribution is 0.0974. The molecule has 21 heavy (non-hydrogen) atoms. The summed E-state index contributed by atoms with van der Waals surface area (Å²) < 4.78 is 1.66. The van der Waals surface area contributed by atoms with Crippen molar-refractivity contribution in [1.29, 1.82) is 0 Å². The summed E-state index contributed by atoms with van der Waals surface area (Å²) in [7, 11) is 1.82. The first-order valence-corrected chi connectivity index (χ1v) is 7.21. The Hall–Kier alpha value is -2.24. The molecule has 0 N–H and O–H groups in total. The number of aromatic nitrogens is 4. The van der Waals surface area contributed by atoms with Crippen molar-refractivity contribution in [2.45, 2.75) is 32.2 Å². The smallest absolute Gasteiger partial charge is 0.225 e. The standard InChI is InChI=1S/C15H19N5O/c1-11-5-6-16-15(18-11)20-7-3-4-13(20)8-14(21)12-9-17-19(2)10-12/h5-6,9-10,13H,3-4,7-8H2,1-2H3/t13-/m1/s1. The van der Waals surface area contributed by atoms with Gasteiger partial charge < -0.3 is 4.90 Å². The molecular formula is C15H19N5O. The van der Waals surface area contributed by atoms with E-state index >= 15 is 0 Å². The van der Waals surface area contributed by atoms with E-state index in [1.54, 1.807) is 23.3 Å². The van der Waals surface area contributed by atoms with E-state index in [4.69, 9.17) is 0 Å². The average Bonchev–Trinajstić information content (AvgIpc) is 3.08. The van der Waals surface area contributed by atoms with Crippen LogP contribution in [0.3, 0.4) is 0 Å². The van der Waals surface area contributed by atoms with Crippen molar-refractivity contribution < 1.29 is 4.79 Å². The molecule has 0 radical (unpaired) electrons. The van der Waals surface area contributed by atoms with Crippen molar-refractivity contribution in [3.63, 3.8) is 0 Å². The van der Waals surface area contributed by atoms with E-state index in [-0.39, 0.29) is 11.8 Å². The van der Waals surface area contributed by atoms with Gasteiger partial charge in [-0.1, -0.05) is 0 Å². The Morgan fingerprint density at radius 3 is 3.05 bits per heavy atom. The normalized spacial score (nSPS) is 18.2. The number of rotatable bonds is 4. The number of anilines is 1. The summed E-state index contributed by atoms with van der Waals surface area (Å²) in [4.78, 5) is 23.3. The molecule has 1 saturated heterocycles. The Bertz CT molecular complexity index is 651. The van der Waals surface area contributed by atoms with Crippen molar-refractivity contribution in [2.75, 3.05) is 11.4 Å². The van der Waals surface area contributed by atoms with Gasteiger partial charge in [0.2, 0.25) is 5.95 Å². The number of carbonyl (C=O) groups is 1. The first-order chi connectivity index (χ1) is 10.1. The third kappa shape index (κ3) is 2.94. The van der Waals surface area contributed by atoms with Crippen molar-refractivity contribution in [3.05, 3.63) is 35.9 Å². The molecule has 3 heterocycles. The zero-order chi connectivity index (χ0) is 14.8. The van der Waals surface area contributed by atoms with Crippen LogP contribution in [0.1, 0.15) is 35.3 Å². The second kappa shape index (κ2) is 5.63. The summed E-state index contributed by atoms with van der Waals surface area (Å²) >= 11 is 0. The molecule has 0 aliphatic carbocycles. The van der Waals surface area contributed by atoms with Gasteiger partial charge in [0.05, 0.1) is 11.8 Å². The predicted molar refractivity (Wildman–Crippen MR) is 79.3 cm³/mol. The lowest BCUT2D eigenvalue weighted by Gasteiger charge is -2.24. The van der Waals surface area contributed by atoms with Crippen molar-refractivity contribution in [1.82, 2.24) is 19.7 Å². The van der Waals surface area contributed by atoms with Gasteiger partial charge in [-0.15, -0.1) is 0 Å². The van der Waals surface area contributed by atoms with Gasteiger partial charge in [-0.25, -0.2) is 9.97 Å². The first kappa shape index (κ1) is 13.7. The van der Waals surface area contributed by atoms with E-state index in [9.17, 15) is 4.79 Å². The maximum absolute atomic E-state index is 12.3.